The van der Waals surface area contributed by atoms with Crippen molar-refractivity contribution in [3.05, 3.63) is 46.6 Å². The number of aryl methyl sites for hydroxylation is 2. The molecule has 5 nitrogen and oxygen atoms in total. The van der Waals surface area contributed by atoms with E-state index < -0.39 is 0 Å². The Balaban J connectivity index is 2.06. The number of hydrogen-bond acceptors (Lipinski definition) is 3. The van der Waals surface area contributed by atoms with E-state index in [2.05, 4.69) is 10.4 Å². The Morgan fingerprint density at radius 1 is 1.35 bits per heavy atom. The largest absolute Gasteiger partial charge is 0.380 e. The number of anilines is 1. The lowest BCUT2D eigenvalue weighted by Gasteiger charge is -2.07. The van der Waals surface area contributed by atoms with E-state index in [1.807, 2.05) is 32.6 Å². The van der Waals surface area contributed by atoms with Gasteiger partial charge in [-0.05, 0) is 13.0 Å². The number of pyridine rings is 1. The number of hydrogen-bond donors (Lipinski definition) is 1. The second-order valence-electron chi connectivity index (χ2n) is 3.92. The summed E-state index contributed by atoms with van der Waals surface area (Å²) in [6.45, 7) is 3.34. The second kappa shape index (κ2) is 4.86. The lowest BCUT2D eigenvalue weighted by atomic mass is 10.3. The Labute approximate surface area is 99.7 Å². The third-order valence-electron chi connectivity index (χ3n) is 2.58. The highest BCUT2D eigenvalue weighted by Crippen LogP contribution is 2.06. The molecule has 0 saturated heterocycles. The van der Waals surface area contributed by atoms with Crippen LogP contribution in [0.25, 0.3) is 0 Å². The van der Waals surface area contributed by atoms with Crippen LogP contribution in [0.15, 0.2) is 35.5 Å². The molecule has 0 aliphatic heterocycles. The quantitative estimate of drug-likeness (QED) is 0.862. The van der Waals surface area contributed by atoms with E-state index in [4.69, 9.17) is 0 Å². The van der Waals surface area contributed by atoms with Gasteiger partial charge in [-0.25, -0.2) is 0 Å². The maximum Gasteiger partial charge on any atom is 0.250 e. The summed E-state index contributed by atoms with van der Waals surface area (Å²) in [5.74, 6) is 0. The van der Waals surface area contributed by atoms with E-state index in [0.29, 0.717) is 13.1 Å². The summed E-state index contributed by atoms with van der Waals surface area (Å²) in [6.07, 6.45) is 5.62. The fourth-order valence-corrected chi connectivity index (χ4v) is 1.65. The van der Waals surface area contributed by atoms with Crippen LogP contribution in [0.4, 0.5) is 5.69 Å². The van der Waals surface area contributed by atoms with Crippen LogP contribution in [0.3, 0.4) is 0 Å². The zero-order valence-electron chi connectivity index (χ0n) is 10.1. The highest BCUT2D eigenvalue weighted by Gasteiger charge is 1.98. The first kappa shape index (κ1) is 11.4. The van der Waals surface area contributed by atoms with Gasteiger partial charge in [0.15, 0.2) is 0 Å². The first-order valence-corrected chi connectivity index (χ1v) is 5.61. The number of nitrogens with zero attached hydrogens (tertiary/aromatic N) is 3. The summed E-state index contributed by atoms with van der Waals surface area (Å²) in [5, 5.41) is 7.36. The Kier molecular flexibility index (Phi) is 3.27. The average molecular weight is 232 g/mol. The van der Waals surface area contributed by atoms with Gasteiger partial charge in [-0.3, -0.25) is 9.48 Å². The minimum Gasteiger partial charge on any atom is -0.380 e. The van der Waals surface area contributed by atoms with Crippen molar-refractivity contribution in [2.45, 2.75) is 20.0 Å². The molecule has 2 aromatic rings. The molecule has 90 valence electrons. The van der Waals surface area contributed by atoms with Crippen LogP contribution >= 0.6 is 0 Å². The molecule has 1 N–H and O–H groups in total. The van der Waals surface area contributed by atoms with Crippen LogP contribution in [0.2, 0.25) is 0 Å². The molecule has 0 spiro atoms. The van der Waals surface area contributed by atoms with E-state index in [0.717, 1.165) is 11.3 Å². The van der Waals surface area contributed by atoms with Crippen molar-refractivity contribution in [2.24, 2.45) is 7.05 Å². The minimum absolute atomic E-state index is 0.0272. The number of aromatic nitrogens is 3. The van der Waals surface area contributed by atoms with Crippen LogP contribution in [0.1, 0.15) is 12.5 Å². The van der Waals surface area contributed by atoms with Gasteiger partial charge in [0.25, 0.3) is 5.56 Å². The predicted molar refractivity (Wildman–Crippen MR) is 66.9 cm³/mol. The fourth-order valence-electron chi connectivity index (χ4n) is 1.65. The first-order chi connectivity index (χ1) is 8.19. The average Bonchev–Trinajstić information content (AvgIpc) is 2.74. The Morgan fingerprint density at radius 2 is 2.18 bits per heavy atom. The second-order valence-corrected chi connectivity index (χ2v) is 3.92. The van der Waals surface area contributed by atoms with Crippen molar-refractivity contribution in [2.75, 3.05) is 5.32 Å². The van der Waals surface area contributed by atoms with Gasteiger partial charge in [-0.2, -0.15) is 5.10 Å². The van der Waals surface area contributed by atoms with E-state index in [1.54, 1.807) is 21.4 Å². The van der Waals surface area contributed by atoms with Crippen LogP contribution in [0.5, 0.6) is 0 Å². The van der Waals surface area contributed by atoms with Gasteiger partial charge in [0, 0.05) is 44.2 Å². The molecule has 0 atom stereocenters. The molecule has 2 rings (SSSR count). The van der Waals surface area contributed by atoms with Crippen molar-refractivity contribution in [3.8, 4) is 0 Å². The molecule has 2 aromatic heterocycles. The molecule has 0 aliphatic rings. The molecule has 17 heavy (non-hydrogen) atoms. The maximum atomic E-state index is 11.4. The van der Waals surface area contributed by atoms with E-state index in [-0.39, 0.29) is 5.56 Å². The van der Waals surface area contributed by atoms with Crippen molar-refractivity contribution >= 4 is 5.69 Å². The normalized spacial score (nSPS) is 10.5. The zero-order chi connectivity index (χ0) is 12.3. The molecule has 0 bridgehead atoms. The van der Waals surface area contributed by atoms with Gasteiger partial charge in [0.05, 0.1) is 11.9 Å². The van der Waals surface area contributed by atoms with E-state index in [9.17, 15) is 4.79 Å². The molecule has 0 aromatic carbocycles. The molecule has 0 saturated carbocycles. The summed E-state index contributed by atoms with van der Waals surface area (Å²) in [7, 11) is 1.89. The standard InChI is InChI=1S/C12H16N4O/c1-3-16-9-11(4-5-12(16)17)13-6-10-7-14-15(2)8-10/h4-5,7-9,13H,3,6H2,1-2H3. The highest BCUT2D eigenvalue weighted by molar-refractivity contribution is 5.40. The van der Waals surface area contributed by atoms with Crippen molar-refractivity contribution in [3.63, 3.8) is 0 Å². The smallest absolute Gasteiger partial charge is 0.250 e. The summed E-state index contributed by atoms with van der Waals surface area (Å²) in [5.41, 5.74) is 2.08. The summed E-state index contributed by atoms with van der Waals surface area (Å²) in [4.78, 5) is 11.4. The maximum absolute atomic E-state index is 11.4. The lowest BCUT2D eigenvalue weighted by Crippen LogP contribution is -2.17. The predicted octanol–water partition coefficient (Wildman–Crippen LogP) is 1.21. The summed E-state index contributed by atoms with van der Waals surface area (Å²) >= 11 is 0. The minimum atomic E-state index is 0.0272. The lowest BCUT2D eigenvalue weighted by molar-refractivity contribution is 0.727. The Morgan fingerprint density at radius 3 is 2.82 bits per heavy atom. The molecular weight excluding hydrogens is 216 g/mol. The Bertz CT molecular complexity index is 556. The molecule has 0 aliphatic carbocycles. The van der Waals surface area contributed by atoms with Crippen LogP contribution in [-0.4, -0.2) is 14.3 Å². The Hall–Kier alpha value is -2.04. The van der Waals surface area contributed by atoms with Gasteiger partial charge >= 0.3 is 0 Å². The monoisotopic (exact) mass is 232 g/mol. The van der Waals surface area contributed by atoms with Crippen molar-refractivity contribution in [1.29, 1.82) is 0 Å². The van der Waals surface area contributed by atoms with Gasteiger partial charge in [0.1, 0.15) is 0 Å². The van der Waals surface area contributed by atoms with Gasteiger partial charge in [0.2, 0.25) is 0 Å². The first-order valence-electron chi connectivity index (χ1n) is 5.61. The molecule has 5 heteroatoms. The number of rotatable bonds is 4. The summed E-state index contributed by atoms with van der Waals surface area (Å²) in [6, 6.07) is 3.37. The van der Waals surface area contributed by atoms with Gasteiger partial charge in [-0.1, -0.05) is 0 Å². The molecule has 0 radical (unpaired) electrons. The van der Waals surface area contributed by atoms with Crippen molar-refractivity contribution < 1.29 is 0 Å². The zero-order valence-corrected chi connectivity index (χ0v) is 10.1. The van der Waals surface area contributed by atoms with Crippen LogP contribution in [-0.2, 0) is 20.1 Å². The number of nitrogens with one attached hydrogen (secondary N) is 1. The fraction of sp³-hybridized carbons (Fsp3) is 0.333. The third kappa shape index (κ3) is 2.75. The third-order valence-corrected chi connectivity index (χ3v) is 2.58. The van der Waals surface area contributed by atoms with E-state index >= 15 is 0 Å². The van der Waals surface area contributed by atoms with Crippen LogP contribution in [0, 0.1) is 0 Å². The molecule has 0 unspecified atom stereocenters. The van der Waals surface area contributed by atoms with Gasteiger partial charge in [-0.15, -0.1) is 0 Å². The molecule has 2 heterocycles. The molecular formula is C12H16N4O. The molecule has 0 amide bonds. The highest BCUT2D eigenvalue weighted by atomic mass is 16.1. The van der Waals surface area contributed by atoms with Crippen LogP contribution < -0.4 is 10.9 Å². The summed E-state index contributed by atoms with van der Waals surface area (Å²) < 4.78 is 3.44. The topological polar surface area (TPSA) is 51.9 Å². The SMILES string of the molecule is CCn1cc(NCc2cnn(C)c2)ccc1=O. The molecule has 0 fully saturated rings. The van der Waals surface area contributed by atoms with E-state index in [1.165, 1.54) is 0 Å². The van der Waals surface area contributed by atoms with Gasteiger partial charge < -0.3 is 9.88 Å². The van der Waals surface area contributed by atoms with Crippen molar-refractivity contribution in [1.82, 2.24) is 14.3 Å².